The predicted molar refractivity (Wildman–Crippen MR) is 63.0 cm³/mol. The normalized spacial score (nSPS) is 29.4. The highest BCUT2D eigenvalue weighted by Crippen LogP contribution is 2.40. The molecule has 2 heteroatoms. The van der Waals surface area contributed by atoms with Crippen molar-refractivity contribution in [2.45, 2.75) is 76.9 Å². The lowest BCUT2D eigenvalue weighted by atomic mass is 9.99. The van der Waals surface area contributed by atoms with Crippen LogP contribution in [-0.4, -0.2) is 23.4 Å². The molecule has 1 N–H and O–H groups in total. The van der Waals surface area contributed by atoms with Crippen molar-refractivity contribution in [3.8, 4) is 0 Å². The molecule has 0 spiro atoms. The zero-order valence-electron chi connectivity index (χ0n) is 10.3. The molecule has 0 aromatic carbocycles. The van der Waals surface area contributed by atoms with Gasteiger partial charge >= 0.3 is 0 Å². The number of ether oxygens (including phenoxy) is 1. The van der Waals surface area contributed by atoms with E-state index in [1.54, 1.807) is 0 Å². The molecular formula is C13H26O2. The van der Waals surface area contributed by atoms with Crippen LogP contribution in [-0.2, 0) is 4.74 Å². The molecule has 15 heavy (non-hydrogen) atoms. The fourth-order valence-electron chi connectivity index (χ4n) is 2.17. The van der Waals surface area contributed by atoms with E-state index < -0.39 is 0 Å². The Balaban J connectivity index is 1.86. The number of rotatable bonds is 9. The van der Waals surface area contributed by atoms with Crippen LogP contribution in [0.25, 0.3) is 0 Å². The molecule has 1 saturated heterocycles. The van der Waals surface area contributed by atoms with Crippen molar-refractivity contribution in [1.29, 1.82) is 0 Å². The molecule has 1 aliphatic heterocycles. The first kappa shape index (κ1) is 13.0. The molecule has 0 bridgehead atoms. The molecule has 1 rings (SSSR count). The minimum Gasteiger partial charge on any atom is -0.394 e. The number of aliphatic hydroxyl groups is 1. The van der Waals surface area contributed by atoms with Gasteiger partial charge in [0.25, 0.3) is 0 Å². The van der Waals surface area contributed by atoms with Crippen LogP contribution in [0.2, 0.25) is 0 Å². The van der Waals surface area contributed by atoms with Crippen LogP contribution in [0.15, 0.2) is 0 Å². The summed E-state index contributed by atoms with van der Waals surface area (Å²) in [7, 11) is 0. The fraction of sp³-hybridized carbons (Fsp3) is 1.00. The lowest BCUT2D eigenvalue weighted by Gasteiger charge is -2.05. The van der Waals surface area contributed by atoms with Crippen LogP contribution in [0.4, 0.5) is 0 Å². The molecule has 1 fully saturated rings. The van der Waals surface area contributed by atoms with Crippen molar-refractivity contribution in [3.05, 3.63) is 0 Å². The van der Waals surface area contributed by atoms with E-state index in [-0.39, 0.29) is 18.3 Å². The third-order valence-electron chi connectivity index (χ3n) is 3.48. The molecular weight excluding hydrogens is 188 g/mol. The van der Waals surface area contributed by atoms with E-state index >= 15 is 0 Å². The first-order valence-corrected chi connectivity index (χ1v) is 6.51. The minimum atomic E-state index is 0.0121. The maximum absolute atomic E-state index is 8.92. The Morgan fingerprint density at radius 1 is 1.07 bits per heavy atom. The molecule has 0 radical (unpaired) electrons. The van der Waals surface area contributed by atoms with Gasteiger partial charge in [-0.05, 0) is 13.3 Å². The van der Waals surface area contributed by atoms with Gasteiger partial charge in [0, 0.05) is 0 Å². The van der Waals surface area contributed by atoms with Crippen LogP contribution in [0, 0.1) is 0 Å². The van der Waals surface area contributed by atoms with Gasteiger partial charge in [0.05, 0.1) is 12.2 Å². The van der Waals surface area contributed by atoms with E-state index in [2.05, 4.69) is 13.8 Å². The molecule has 0 aliphatic carbocycles. The summed E-state index contributed by atoms with van der Waals surface area (Å²) < 4.78 is 5.45. The molecule has 2 nitrogen and oxygen atoms in total. The molecule has 1 aliphatic rings. The van der Waals surface area contributed by atoms with E-state index in [9.17, 15) is 0 Å². The molecule has 0 aromatic heterocycles. The average Bonchev–Trinajstić information content (AvgIpc) is 2.89. The molecule has 0 amide bonds. The fourth-order valence-corrected chi connectivity index (χ4v) is 2.17. The van der Waals surface area contributed by atoms with E-state index in [1.165, 1.54) is 44.9 Å². The van der Waals surface area contributed by atoms with Crippen LogP contribution >= 0.6 is 0 Å². The van der Waals surface area contributed by atoms with Crippen LogP contribution in [0.1, 0.15) is 65.2 Å². The Morgan fingerprint density at radius 2 is 1.67 bits per heavy atom. The van der Waals surface area contributed by atoms with Gasteiger partial charge in [0.15, 0.2) is 0 Å². The average molecular weight is 214 g/mol. The summed E-state index contributed by atoms with van der Waals surface area (Å²) in [6.07, 6.45) is 10.7. The number of hydrogen-bond donors (Lipinski definition) is 1. The van der Waals surface area contributed by atoms with Gasteiger partial charge in [-0.15, -0.1) is 0 Å². The first-order valence-electron chi connectivity index (χ1n) is 6.51. The summed E-state index contributed by atoms with van der Waals surface area (Å²) in [6.45, 7) is 4.55. The zero-order valence-corrected chi connectivity index (χ0v) is 10.3. The molecule has 2 atom stereocenters. The van der Waals surface area contributed by atoms with E-state index in [4.69, 9.17) is 9.84 Å². The standard InChI is InChI=1S/C13H26O2/c1-3-4-5-6-7-8-9-10-13(2)12(11-14)15-13/h12,14H,3-11H2,1-2H3. The molecule has 2 unspecified atom stereocenters. The Labute approximate surface area is 94.0 Å². The second-order valence-electron chi connectivity index (χ2n) is 4.97. The van der Waals surface area contributed by atoms with Gasteiger partial charge in [-0.3, -0.25) is 0 Å². The van der Waals surface area contributed by atoms with Gasteiger partial charge in [-0.25, -0.2) is 0 Å². The lowest BCUT2D eigenvalue weighted by Crippen LogP contribution is -2.12. The Kier molecular flexibility index (Phi) is 5.62. The Bertz CT molecular complexity index is 170. The summed E-state index contributed by atoms with van der Waals surface area (Å²) in [5, 5.41) is 8.92. The van der Waals surface area contributed by atoms with Crippen molar-refractivity contribution in [3.63, 3.8) is 0 Å². The Hall–Kier alpha value is -0.0800. The smallest absolute Gasteiger partial charge is 0.110 e. The highest BCUT2D eigenvalue weighted by molar-refractivity contribution is 4.98. The maximum atomic E-state index is 8.92. The summed E-state index contributed by atoms with van der Waals surface area (Å²) in [5.41, 5.74) is 0.0121. The van der Waals surface area contributed by atoms with Crippen molar-refractivity contribution in [2.24, 2.45) is 0 Å². The third kappa shape index (κ3) is 4.52. The number of epoxide rings is 1. The molecule has 0 saturated carbocycles. The van der Waals surface area contributed by atoms with E-state index in [0.29, 0.717) is 0 Å². The van der Waals surface area contributed by atoms with Gasteiger partial charge in [0.1, 0.15) is 6.10 Å². The van der Waals surface area contributed by atoms with Gasteiger partial charge in [-0.2, -0.15) is 0 Å². The lowest BCUT2D eigenvalue weighted by molar-refractivity contribution is 0.234. The Morgan fingerprint density at radius 3 is 2.20 bits per heavy atom. The highest BCUT2D eigenvalue weighted by Gasteiger charge is 2.50. The SMILES string of the molecule is CCCCCCCCCC1(C)OC1CO. The molecule has 1 heterocycles. The van der Waals surface area contributed by atoms with Crippen LogP contribution in [0.5, 0.6) is 0 Å². The quantitative estimate of drug-likeness (QED) is 0.472. The maximum Gasteiger partial charge on any atom is 0.110 e. The minimum absolute atomic E-state index is 0.0121. The second-order valence-corrected chi connectivity index (χ2v) is 4.97. The largest absolute Gasteiger partial charge is 0.394 e. The third-order valence-corrected chi connectivity index (χ3v) is 3.48. The first-order chi connectivity index (χ1) is 7.23. The summed E-state index contributed by atoms with van der Waals surface area (Å²) in [5.74, 6) is 0. The molecule has 90 valence electrons. The van der Waals surface area contributed by atoms with Gasteiger partial charge in [0.2, 0.25) is 0 Å². The van der Waals surface area contributed by atoms with Crippen LogP contribution in [0.3, 0.4) is 0 Å². The topological polar surface area (TPSA) is 32.8 Å². The summed E-state index contributed by atoms with van der Waals surface area (Å²) in [4.78, 5) is 0. The number of hydrogen-bond acceptors (Lipinski definition) is 2. The van der Waals surface area contributed by atoms with Crippen molar-refractivity contribution >= 4 is 0 Å². The predicted octanol–water partition coefficient (Wildman–Crippen LogP) is 3.28. The van der Waals surface area contributed by atoms with Crippen LogP contribution < -0.4 is 0 Å². The van der Waals surface area contributed by atoms with Crippen molar-refractivity contribution in [2.75, 3.05) is 6.61 Å². The summed E-state index contributed by atoms with van der Waals surface area (Å²) in [6, 6.07) is 0. The monoisotopic (exact) mass is 214 g/mol. The summed E-state index contributed by atoms with van der Waals surface area (Å²) >= 11 is 0. The van der Waals surface area contributed by atoms with E-state index in [0.717, 1.165) is 6.42 Å². The van der Waals surface area contributed by atoms with Crippen molar-refractivity contribution in [1.82, 2.24) is 0 Å². The second kappa shape index (κ2) is 6.49. The van der Waals surface area contributed by atoms with Gasteiger partial charge in [-0.1, -0.05) is 51.9 Å². The van der Waals surface area contributed by atoms with Gasteiger partial charge < -0.3 is 9.84 Å². The number of unbranched alkanes of at least 4 members (excludes halogenated alkanes) is 6. The number of aliphatic hydroxyl groups excluding tert-OH is 1. The zero-order chi connectivity index (χ0) is 11.1. The van der Waals surface area contributed by atoms with Crippen molar-refractivity contribution < 1.29 is 9.84 Å². The van der Waals surface area contributed by atoms with E-state index in [1.807, 2.05) is 0 Å². The highest BCUT2D eigenvalue weighted by atomic mass is 16.6. The molecule has 0 aromatic rings.